The topological polar surface area (TPSA) is 65.6 Å². The molecule has 7 nitrogen and oxygen atoms in total. The van der Waals surface area contributed by atoms with Gasteiger partial charge >= 0.3 is 0 Å². The minimum atomic E-state index is 0.542. The third kappa shape index (κ3) is 5.86. The largest absolute Gasteiger partial charge is 0.385 e. The van der Waals surface area contributed by atoms with Crippen molar-refractivity contribution in [1.29, 1.82) is 0 Å². The highest BCUT2D eigenvalue weighted by Crippen LogP contribution is 2.28. The summed E-state index contributed by atoms with van der Waals surface area (Å²) in [4.78, 5) is 14.4. The van der Waals surface area contributed by atoms with E-state index in [2.05, 4.69) is 57.7 Å². The molecule has 3 heterocycles. The summed E-state index contributed by atoms with van der Waals surface area (Å²) in [6, 6.07) is 10.8. The van der Waals surface area contributed by atoms with Crippen molar-refractivity contribution in [2.45, 2.75) is 39.2 Å². The fourth-order valence-electron chi connectivity index (χ4n) is 4.30. The van der Waals surface area contributed by atoms with Crippen LogP contribution in [0.4, 0.5) is 17.6 Å². The van der Waals surface area contributed by atoms with Gasteiger partial charge in [0, 0.05) is 52.5 Å². The number of piperidine rings is 1. The van der Waals surface area contributed by atoms with E-state index in [9.17, 15) is 0 Å². The molecule has 8 heteroatoms. The van der Waals surface area contributed by atoms with Gasteiger partial charge in [-0.1, -0.05) is 31.2 Å². The number of nitrogens with zero attached hydrogens (tertiary/aromatic N) is 4. The first-order chi connectivity index (χ1) is 15.6. The highest BCUT2D eigenvalue weighted by Gasteiger charge is 2.22. The van der Waals surface area contributed by atoms with Crippen molar-refractivity contribution in [3.8, 4) is 0 Å². The van der Waals surface area contributed by atoms with Crippen LogP contribution in [0.15, 0.2) is 30.3 Å². The van der Waals surface area contributed by atoms with E-state index in [1.807, 2.05) is 0 Å². The van der Waals surface area contributed by atoms with Gasteiger partial charge in [0.2, 0.25) is 5.95 Å². The average molecular weight is 455 g/mol. The number of rotatable bonds is 7. The lowest BCUT2D eigenvalue weighted by Crippen LogP contribution is -2.36. The molecule has 2 aliphatic heterocycles. The van der Waals surface area contributed by atoms with E-state index in [-0.39, 0.29) is 0 Å². The van der Waals surface area contributed by atoms with Gasteiger partial charge in [0.25, 0.3) is 0 Å². The molecule has 2 aromatic rings. The van der Waals surface area contributed by atoms with Crippen LogP contribution in [0.5, 0.6) is 0 Å². The van der Waals surface area contributed by atoms with Crippen LogP contribution >= 0.6 is 12.2 Å². The number of aromatic nitrogens is 2. The highest BCUT2D eigenvalue weighted by molar-refractivity contribution is 7.80. The molecule has 1 fully saturated rings. The van der Waals surface area contributed by atoms with Crippen LogP contribution in [-0.2, 0) is 17.7 Å². The standard InChI is InChI=1S/C24H34N6OS/c1-18-8-12-29(13-9-18)21-16-22(30-14-10-19-6-3-4-7-20(19)17-30)27-23(26-21)28-24(32)25-11-5-15-31-2/h3-4,6-7,16,18H,5,8-15,17H2,1-2H3,(H2,25,26,27,28,32). The van der Waals surface area contributed by atoms with Gasteiger partial charge in [-0.3, -0.25) is 0 Å². The second-order valence-corrected chi connectivity index (χ2v) is 9.15. The molecule has 0 unspecified atom stereocenters. The zero-order valence-corrected chi connectivity index (χ0v) is 20.0. The molecular weight excluding hydrogens is 420 g/mol. The van der Waals surface area contributed by atoms with E-state index in [0.29, 0.717) is 17.7 Å². The van der Waals surface area contributed by atoms with E-state index >= 15 is 0 Å². The smallest absolute Gasteiger partial charge is 0.232 e. The van der Waals surface area contributed by atoms with Crippen molar-refractivity contribution in [3.05, 3.63) is 41.5 Å². The second kappa shape index (κ2) is 10.9. The van der Waals surface area contributed by atoms with Crippen LogP contribution in [0.2, 0.25) is 0 Å². The summed E-state index contributed by atoms with van der Waals surface area (Å²) >= 11 is 5.48. The number of hydrogen-bond donors (Lipinski definition) is 2. The normalized spacial score (nSPS) is 16.6. The van der Waals surface area contributed by atoms with Crippen molar-refractivity contribution in [3.63, 3.8) is 0 Å². The van der Waals surface area contributed by atoms with E-state index in [1.54, 1.807) is 7.11 Å². The average Bonchev–Trinajstić information content (AvgIpc) is 2.82. The summed E-state index contributed by atoms with van der Waals surface area (Å²) < 4.78 is 5.10. The number of nitrogens with one attached hydrogen (secondary N) is 2. The number of ether oxygens (including phenoxy) is 1. The maximum Gasteiger partial charge on any atom is 0.232 e. The Labute approximate surface area is 196 Å². The van der Waals surface area contributed by atoms with Crippen LogP contribution in [0, 0.1) is 5.92 Å². The number of thiocarbonyl (C=S) groups is 1. The number of fused-ring (bicyclic) bond motifs is 1. The first-order valence-corrected chi connectivity index (χ1v) is 12.0. The van der Waals surface area contributed by atoms with Crippen LogP contribution in [-0.4, -0.2) is 55.0 Å². The predicted molar refractivity (Wildman–Crippen MR) is 135 cm³/mol. The Hall–Kier alpha value is -2.45. The minimum Gasteiger partial charge on any atom is -0.385 e. The van der Waals surface area contributed by atoms with Crippen LogP contribution in [0.25, 0.3) is 0 Å². The lowest BCUT2D eigenvalue weighted by molar-refractivity contribution is 0.196. The van der Waals surface area contributed by atoms with Gasteiger partial charge in [-0.2, -0.15) is 9.97 Å². The van der Waals surface area contributed by atoms with Crippen LogP contribution < -0.4 is 20.4 Å². The molecule has 0 amide bonds. The van der Waals surface area contributed by atoms with Crippen molar-refractivity contribution in [1.82, 2.24) is 15.3 Å². The third-order valence-electron chi connectivity index (χ3n) is 6.30. The van der Waals surface area contributed by atoms with E-state index < -0.39 is 0 Å². The molecule has 0 radical (unpaired) electrons. The maximum atomic E-state index is 5.48. The molecule has 2 aliphatic rings. The van der Waals surface area contributed by atoms with Gasteiger partial charge in [0.15, 0.2) is 5.11 Å². The quantitative estimate of drug-likeness (QED) is 0.486. The van der Waals surface area contributed by atoms with Crippen molar-refractivity contribution >= 4 is 34.9 Å². The fourth-order valence-corrected chi connectivity index (χ4v) is 4.49. The number of benzene rings is 1. The lowest BCUT2D eigenvalue weighted by Gasteiger charge is -2.33. The molecule has 32 heavy (non-hydrogen) atoms. The van der Waals surface area contributed by atoms with Gasteiger partial charge in [-0.25, -0.2) is 0 Å². The SMILES string of the molecule is COCCCNC(=S)Nc1nc(N2CCC(C)CC2)cc(N2CCc3ccccc3C2)n1. The number of methoxy groups -OCH3 is 1. The van der Waals surface area contributed by atoms with Crippen LogP contribution in [0.3, 0.4) is 0 Å². The van der Waals surface area contributed by atoms with Gasteiger partial charge < -0.3 is 25.2 Å². The molecule has 1 aromatic carbocycles. The Bertz CT molecular complexity index is 915. The predicted octanol–water partition coefficient (Wildman–Crippen LogP) is 3.60. The molecule has 0 aliphatic carbocycles. The number of anilines is 3. The van der Waals surface area contributed by atoms with Crippen molar-refractivity contribution in [2.75, 3.05) is 55.0 Å². The first-order valence-electron chi connectivity index (χ1n) is 11.6. The van der Waals surface area contributed by atoms with Crippen LogP contribution in [0.1, 0.15) is 37.3 Å². The monoisotopic (exact) mass is 454 g/mol. The Morgan fingerprint density at radius 3 is 2.56 bits per heavy atom. The van der Waals surface area contributed by atoms with Gasteiger partial charge in [-0.15, -0.1) is 0 Å². The molecule has 1 saturated heterocycles. The van der Waals surface area contributed by atoms with E-state index in [1.165, 1.54) is 24.0 Å². The van der Waals surface area contributed by atoms with Gasteiger partial charge in [0.1, 0.15) is 11.6 Å². The molecular formula is C24H34N6OS. The van der Waals surface area contributed by atoms with Crippen molar-refractivity contribution < 1.29 is 4.74 Å². The Morgan fingerprint density at radius 1 is 1.09 bits per heavy atom. The fraction of sp³-hybridized carbons (Fsp3) is 0.542. The molecule has 4 rings (SSSR count). The van der Waals surface area contributed by atoms with Crippen molar-refractivity contribution in [2.24, 2.45) is 5.92 Å². The summed E-state index contributed by atoms with van der Waals surface area (Å²) in [6.07, 6.45) is 4.31. The Balaban J connectivity index is 1.53. The second-order valence-electron chi connectivity index (χ2n) is 8.75. The summed E-state index contributed by atoms with van der Waals surface area (Å²) in [6.45, 7) is 7.65. The van der Waals surface area contributed by atoms with E-state index in [0.717, 1.165) is 63.1 Å². The molecule has 0 bridgehead atoms. The number of hydrogen-bond acceptors (Lipinski definition) is 6. The summed E-state index contributed by atoms with van der Waals surface area (Å²) in [7, 11) is 1.71. The maximum absolute atomic E-state index is 5.48. The molecule has 172 valence electrons. The molecule has 1 aromatic heterocycles. The third-order valence-corrected chi connectivity index (χ3v) is 6.54. The molecule has 0 spiro atoms. The van der Waals surface area contributed by atoms with Gasteiger partial charge in [0.05, 0.1) is 0 Å². The zero-order chi connectivity index (χ0) is 22.3. The Morgan fingerprint density at radius 2 is 1.81 bits per heavy atom. The lowest BCUT2D eigenvalue weighted by atomic mass is 9.99. The minimum absolute atomic E-state index is 0.542. The molecule has 0 saturated carbocycles. The highest BCUT2D eigenvalue weighted by atomic mass is 32.1. The summed E-state index contributed by atoms with van der Waals surface area (Å²) in [5, 5.41) is 6.97. The Kier molecular flexibility index (Phi) is 7.76. The van der Waals surface area contributed by atoms with Gasteiger partial charge in [-0.05, 0) is 54.9 Å². The summed E-state index contributed by atoms with van der Waals surface area (Å²) in [5.74, 6) is 3.25. The summed E-state index contributed by atoms with van der Waals surface area (Å²) in [5.41, 5.74) is 2.80. The first kappa shape index (κ1) is 22.7. The molecule has 0 atom stereocenters. The zero-order valence-electron chi connectivity index (χ0n) is 19.1. The van der Waals surface area contributed by atoms with E-state index in [4.69, 9.17) is 26.9 Å². The molecule has 2 N–H and O–H groups in total.